The Balaban J connectivity index is 0.00000128. The van der Waals surface area contributed by atoms with Crippen LogP contribution in [-0.4, -0.2) is 13.7 Å². The van der Waals surface area contributed by atoms with Gasteiger partial charge in [-0.2, -0.15) is 0 Å². The Morgan fingerprint density at radius 1 is 1.56 bits per heavy atom. The molecule has 1 fully saturated rings. The number of nitrogens with two attached hydrogens (primary N) is 1. The van der Waals surface area contributed by atoms with Crippen LogP contribution in [0.3, 0.4) is 0 Å². The molecule has 0 heterocycles. The van der Waals surface area contributed by atoms with Gasteiger partial charge in [-0.1, -0.05) is 11.6 Å². The van der Waals surface area contributed by atoms with Gasteiger partial charge in [-0.3, -0.25) is 0 Å². The summed E-state index contributed by atoms with van der Waals surface area (Å²) in [6, 6.07) is 3.21. The van der Waals surface area contributed by atoms with E-state index in [-0.39, 0.29) is 29.2 Å². The van der Waals surface area contributed by atoms with Crippen molar-refractivity contribution in [2.24, 2.45) is 11.7 Å². The average Bonchev–Trinajstić information content (AvgIpc) is 3.00. The standard InChI is InChI=1S/C11H13ClFNO.ClH/c1-15-9-3-2-8(12)11(13)10(9)7-4-6(7)5-14;/h2-3,6-7H,4-5,14H2,1H3;1H. The third-order valence-corrected chi connectivity index (χ3v) is 3.20. The Morgan fingerprint density at radius 2 is 2.25 bits per heavy atom. The van der Waals surface area contributed by atoms with E-state index in [1.165, 1.54) is 13.2 Å². The molecule has 2 nitrogen and oxygen atoms in total. The quantitative estimate of drug-likeness (QED) is 0.912. The minimum Gasteiger partial charge on any atom is -0.496 e. The van der Waals surface area contributed by atoms with Crippen molar-refractivity contribution >= 4 is 24.0 Å². The van der Waals surface area contributed by atoms with Gasteiger partial charge >= 0.3 is 0 Å². The highest BCUT2D eigenvalue weighted by molar-refractivity contribution is 6.30. The zero-order valence-corrected chi connectivity index (χ0v) is 10.4. The number of halogens is 3. The van der Waals surface area contributed by atoms with E-state index in [9.17, 15) is 4.39 Å². The van der Waals surface area contributed by atoms with Crippen LogP contribution in [0.5, 0.6) is 5.75 Å². The highest BCUT2D eigenvalue weighted by Crippen LogP contribution is 2.51. The second kappa shape index (κ2) is 5.21. The van der Waals surface area contributed by atoms with Gasteiger partial charge in [-0.25, -0.2) is 4.39 Å². The van der Waals surface area contributed by atoms with Crippen LogP contribution < -0.4 is 10.5 Å². The molecule has 5 heteroatoms. The zero-order chi connectivity index (χ0) is 11.0. The minimum atomic E-state index is -0.364. The molecule has 1 saturated carbocycles. The van der Waals surface area contributed by atoms with E-state index in [0.717, 1.165) is 6.42 Å². The SMILES string of the molecule is COc1ccc(Cl)c(F)c1C1CC1CN.Cl. The lowest BCUT2D eigenvalue weighted by Crippen LogP contribution is -2.04. The number of ether oxygens (including phenoxy) is 1. The van der Waals surface area contributed by atoms with Crippen LogP contribution in [0.1, 0.15) is 17.9 Å². The first kappa shape index (κ1) is 13.6. The predicted octanol–water partition coefficient (Wildman–Crippen LogP) is 2.97. The number of hydrogen-bond donors (Lipinski definition) is 1. The van der Waals surface area contributed by atoms with E-state index in [1.54, 1.807) is 6.07 Å². The fraction of sp³-hybridized carbons (Fsp3) is 0.455. The average molecular weight is 266 g/mol. The van der Waals surface area contributed by atoms with Crippen molar-refractivity contribution in [3.8, 4) is 5.75 Å². The summed E-state index contributed by atoms with van der Waals surface area (Å²) in [5, 5.41) is 0.147. The highest BCUT2D eigenvalue weighted by Gasteiger charge is 2.41. The van der Waals surface area contributed by atoms with Gasteiger partial charge in [0.1, 0.15) is 11.6 Å². The Labute approximate surface area is 105 Å². The lowest BCUT2D eigenvalue weighted by Gasteiger charge is -2.10. The van der Waals surface area contributed by atoms with Gasteiger partial charge in [-0.15, -0.1) is 12.4 Å². The maximum absolute atomic E-state index is 13.8. The largest absolute Gasteiger partial charge is 0.496 e. The minimum absolute atomic E-state index is 0. The molecule has 0 aliphatic heterocycles. The molecule has 2 atom stereocenters. The molecule has 0 bridgehead atoms. The summed E-state index contributed by atoms with van der Waals surface area (Å²) in [7, 11) is 1.53. The monoisotopic (exact) mass is 265 g/mol. The van der Waals surface area contributed by atoms with Gasteiger partial charge in [0.25, 0.3) is 0 Å². The Hall–Kier alpha value is -0.510. The van der Waals surface area contributed by atoms with Crippen LogP contribution in [0.15, 0.2) is 12.1 Å². The lowest BCUT2D eigenvalue weighted by atomic mass is 10.1. The van der Waals surface area contributed by atoms with E-state index in [0.29, 0.717) is 23.8 Å². The van der Waals surface area contributed by atoms with Gasteiger partial charge in [0.05, 0.1) is 12.1 Å². The van der Waals surface area contributed by atoms with E-state index < -0.39 is 0 Å². The van der Waals surface area contributed by atoms with Crippen molar-refractivity contribution in [3.63, 3.8) is 0 Å². The molecule has 1 aliphatic rings. The van der Waals surface area contributed by atoms with E-state index in [4.69, 9.17) is 22.1 Å². The van der Waals surface area contributed by atoms with Gasteiger partial charge in [0, 0.05) is 5.56 Å². The first-order valence-corrected chi connectivity index (χ1v) is 5.28. The van der Waals surface area contributed by atoms with E-state index in [1.807, 2.05) is 0 Å². The van der Waals surface area contributed by atoms with Crippen molar-refractivity contribution in [2.45, 2.75) is 12.3 Å². The summed E-state index contributed by atoms with van der Waals surface area (Å²) < 4.78 is 18.9. The smallest absolute Gasteiger partial charge is 0.148 e. The fourth-order valence-electron chi connectivity index (χ4n) is 1.93. The first-order valence-electron chi connectivity index (χ1n) is 4.91. The Bertz CT molecular complexity index is 386. The van der Waals surface area contributed by atoms with Crippen LogP contribution >= 0.6 is 24.0 Å². The maximum atomic E-state index is 13.8. The first-order chi connectivity index (χ1) is 7.19. The van der Waals surface area contributed by atoms with E-state index in [2.05, 4.69) is 0 Å². The molecular formula is C11H14Cl2FNO. The molecule has 0 saturated heterocycles. The molecule has 2 N–H and O–H groups in total. The fourth-order valence-corrected chi connectivity index (χ4v) is 2.10. The summed E-state index contributed by atoms with van der Waals surface area (Å²) in [6.45, 7) is 0.583. The number of hydrogen-bond acceptors (Lipinski definition) is 2. The summed E-state index contributed by atoms with van der Waals surface area (Å²) in [5.41, 5.74) is 6.13. The Morgan fingerprint density at radius 3 is 2.75 bits per heavy atom. The molecule has 1 aromatic carbocycles. The summed E-state index contributed by atoms with van der Waals surface area (Å²) >= 11 is 5.74. The molecular weight excluding hydrogens is 252 g/mol. The second-order valence-electron chi connectivity index (χ2n) is 3.82. The van der Waals surface area contributed by atoms with Crippen LogP contribution in [0, 0.1) is 11.7 Å². The molecule has 0 radical (unpaired) electrons. The third-order valence-electron chi connectivity index (χ3n) is 2.91. The summed E-state index contributed by atoms with van der Waals surface area (Å²) in [6.07, 6.45) is 0.921. The predicted molar refractivity (Wildman–Crippen MR) is 65.1 cm³/mol. The maximum Gasteiger partial charge on any atom is 0.148 e. The molecule has 16 heavy (non-hydrogen) atoms. The van der Waals surface area contributed by atoms with E-state index >= 15 is 0 Å². The van der Waals surface area contributed by atoms with Gasteiger partial charge < -0.3 is 10.5 Å². The molecule has 2 rings (SSSR count). The number of methoxy groups -OCH3 is 1. The van der Waals surface area contributed by atoms with Gasteiger partial charge in [-0.05, 0) is 36.9 Å². The van der Waals surface area contributed by atoms with Crippen molar-refractivity contribution in [3.05, 3.63) is 28.5 Å². The molecule has 2 unspecified atom stereocenters. The number of rotatable bonds is 3. The molecule has 0 spiro atoms. The van der Waals surface area contributed by atoms with Crippen molar-refractivity contribution in [1.29, 1.82) is 0 Å². The van der Waals surface area contributed by atoms with Crippen molar-refractivity contribution in [1.82, 2.24) is 0 Å². The van der Waals surface area contributed by atoms with Crippen LogP contribution in [-0.2, 0) is 0 Å². The third kappa shape index (κ3) is 2.26. The van der Waals surface area contributed by atoms with Gasteiger partial charge in [0.15, 0.2) is 0 Å². The zero-order valence-electron chi connectivity index (χ0n) is 8.87. The Kier molecular flexibility index (Phi) is 4.42. The van der Waals surface area contributed by atoms with Gasteiger partial charge in [0.2, 0.25) is 0 Å². The summed E-state index contributed by atoms with van der Waals surface area (Å²) in [4.78, 5) is 0. The van der Waals surface area contributed by atoms with Crippen molar-refractivity contribution < 1.29 is 9.13 Å². The second-order valence-corrected chi connectivity index (χ2v) is 4.22. The lowest BCUT2D eigenvalue weighted by molar-refractivity contribution is 0.404. The molecule has 1 aromatic rings. The van der Waals surface area contributed by atoms with Crippen molar-refractivity contribution in [2.75, 3.05) is 13.7 Å². The van der Waals surface area contributed by atoms with Crippen LogP contribution in [0.25, 0.3) is 0 Å². The summed E-state index contributed by atoms with van der Waals surface area (Å²) in [5.74, 6) is 0.741. The van der Waals surface area contributed by atoms with Crippen LogP contribution in [0.2, 0.25) is 5.02 Å². The topological polar surface area (TPSA) is 35.2 Å². The normalized spacial score (nSPS) is 22.5. The molecule has 0 amide bonds. The molecule has 90 valence electrons. The molecule has 1 aliphatic carbocycles. The highest BCUT2D eigenvalue weighted by atomic mass is 35.5. The number of benzene rings is 1. The molecule has 0 aromatic heterocycles. The van der Waals surface area contributed by atoms with Crippen LogP contribution in [0.4, 0.5) is 4.39 Å².